The fourth-order valence-corrected chi connectivity index (χ4v) is 2.66. The predicted molar refractivity (Wildman–Crippen MR) is 66.5 cm³/mol. The van der Waals surface area contributed by atoms with Crippen LogP contribution in [0.2, 0.25) is 0 Å². The summed E-state index contributed by atoms with van der Waals surface area (Å²) in [6, 6.07) is 11.1. The van der Waals surface area contributed by atoms with Crippen LogP contribution in [0.15, 0.2) is 30.3 Å². The number of aliphatic hydroxyl groups excluding tert-OH is 1. The third-order valence-corrected chi connectivity index (χ3v) is 3.50. The molecule has 1 fully saturated rings. The average molecular weight is 219 g/mol. The lowest BCUT2D eigenvalue weighted by molar-refractivity contribution is 0.247. The fraction of sp³-hybridized carbons (Fsp3) is 0.571. The molecule has 1 aliphatic rings. The Hall–Kier alpha value is -0.860. The zero-order chi connectivity index (χ0) is 11.2. The number of aliphatic hydroxyl groups is 1. The lowest BCUT2D eigenvalue weighted by Crippen LogP contribution is -2.39. The maximum Gasteiger partial charge on any atom is 0.0437 e. The van der Waals surface area contributed by atoms with E-state index >= 15 is 0 Å². The highest BCUT2D eigenvalue weighted by atomic mass is 16.3. The van der Waals surface area contributed by atoms with Crippen molar-refractivity contribution in [3.05, 3.63) is 35.9 Å². The second-order valence-electron chi connectivity index (χ2n) is 4.59. The van der Waals surface area contributed by atoms with Gasteiger partial charge in [0.2, 0.25) is 0 Å². The van der Waals surface area contributed by atoms with Gasteiger partial charge in [-0.1, -0.05) is 36.8 Å². The highest BCUT2D eigenvalue weighted by Gasteiger charge is 2.23. The van der Waals surface area contributed by atoms with Gasteiger partial charge >= 0.3 is 0 Å². The number of hydrogen-bond donors (Lipinski definition) is 2. The molecule has 2 nitrogen and oxygen atoms in total. The van der Waals surface area contributed by atoms with Crippen molar-refractivity contribution in [2.24, 2.45) is 0 Å². The Kier molecular flexibility index (Phi) is 4.37. The van der Waals surface area contributed by atoms with Gasteiger partial charge in [0, 0.05) is 18.6 Å². The van der Waals surface area contributed by atoms with Crippen molar-refractivity contribution in [2.75, 3.05) is 13.2 Å². The first-order valence-electron chi connectivity index (χ1n) is 6.31. The fourth-order valence-electron chi connectivity index (χ4n) is 2.66. The minimum Gasteiger partial charge on any atom is -0.396 e. The number of hydrogen-bond acceptors (Lipinski definition) is 2. The van der Waals surface area contributed by atoms with Gasteiger partial charge in [-0.15, -0.1) is 0 Å². The van der Waals surface area contributed by atoms with E-state index in [1.165, 1.54) is 24.8 Å². The summed E-state index contributed by atoms with van der Waals surface area (Å²) < 4.78 is 0. The molecule has 2 rings (SSSR count). The summed E-state index contributed by atoms with van der Waals surface area (Å²) in [4.78, 5) is 0. The topological polar surface area (TPSA) is 32.3 Å². The Morgan fingerprint density at radius 1 is 1.25 bits per heavy atom. The second-order valence-corrected chi connectivity index (χ2v) is 4.59. The van der Waals surface area contributed by atoms with Crippen molar-refractivity contribution in [3.8, 4) is 0 Å². The molecule has 2 heteroatoms. The van der Waals surface area contributed by atoms with E-state index in [2.05, 4.69) is 29.6 Å². The zero-order valence-electron chi connectivity index (χ0n) is 9.73. The quantitative estimate of drug-likeness (QED) is 0.814. The molecular weight excluding hydrogens is 198 g/mol. The summed E-state index contributed by atoms with van der Waals surface area (Å²) in [7, 11) is 0. The van der Waals surface area contributed by atoms with Gasteiger partial charge in [0.1, 0.15) is 0 Å². The standard InChI is InChI=1S/C14H21NO/c16-11-9-13(12-6-2-1-3-7-12)14-8-4-5-10-15-14/h1-3,6-7,13-16H,4-5,8-11H2/t13-,14-/m1/s1. The van der Waals surface area contributed by atoms with E-state index < -0.39 is 0 Å². The normalized spacial score (nSPS) is 22.9. The summed E-state index contributed by atoms with van der Waals surface area (Å²) in [6.07, 6.45) is 4.70. The highest BCUT2D eigenvalue weighted by Crippen LogP contribution is 2.27. The predicted octanol–water partition coefficient (Wildman–Crippen LogP) is 2.29. The van der Waals surface area contributed by atoms with Gasteiger partial charge in [-0.2, -0.15) is 0 Å². The molecule has 1 saturated heterocycles. The molecule has 88 valence electrons. The molecule has 0 amide bonds. The lowest BCUT2D eigenvalue weighted by Gasteiger charge is -2.31. The molecule has 0 aliphatic carbocycles. The molecule has 2 atom stereocenters. The Bertz CT molecular complexity index is 293. The molecule has 16 heavy (non-hydrogen) atoms. The Labute approximate surface area is 97.7 Å². The number of nitrogens with one attached hydrogen (secondary N) is 1. The van der Waals surface area contributed by atoms with Crippen molar-refractivity contribution in [3.63, 3.8) is 0 Å². The summed E-state index contributed by atoms with van der Waals surface area (Å²) in [5, 5.41) is 12.8. The minimum atomic E-state index is 0.276. The van der Waals surface area contributed by atoms with Gasteiger partial charge in [-0.05, 0) is 31.4 Å². The first-order valence-corrected chi connectivity index (χ1v) is 6.31. The molecule has 1 aliphatic heterocycles. The largest absolute Gasteiger partial charge is 0.396 e. The van der Waals surface area contributed by atoms with Gasteiger partial charge in [0.25, 0.3) is 0 Å². The van der Waals surface area contributed by atoms with Crippen LogP contribution in [0.1, 0.15) is 37.2 Å². The first-order chi connectivity index (χ1) is 7.92. The maximum atomic E-state index is 9.20. The highest BCUT2D eigenvalue weighted by molar-refractivity contribution is 5.21. The third-order valence-electron chi connectivity index (χ3n) is 3.50. The van der Waals surface area contributed by atoms with Gasteiger partial charge in [-0.25, -0.2) is 0 Å². The van der Waals surface area contributed by atoms with Crippen LogP contribution in [-0.2, 0) is 0 Å². The summed E-state index contributed by atoms with van der Waals surface area (Å²) in [6.45, 7) is 1.40. The van der Waals surface area contributed by atoms with Crippen molar-refractivity contribution >= 4 is 0 Å². The molecule has 1 aromatic carbocycles. The van der Waals surface area contributed by atoms with Crippen LogP contribution in [-0.4, -0.2) is 24.3 Å². The van der Waals surface area contributed by atoms with Crippen molar-refractivity contribution < 1.29 is 5.11 Å². The van der Waals surface area contributed by atoms with Crippen molar-refractivity contribution in [1.29, 1.82) is 0 Å². The van der Waals surface area contributed by atoms with Gasteiger partial charge in [-0.3, -0.25) is 0 Å². The summed E-state index contributed by atoms with van der Waals surface area (Å²) >= 11 is 0. The van der Waals surface area contributed by atoms with Crippen LogP contribution in [0.5, 0.6) is 0 Å². The van der Waals surface area contributed by atoms with Crippen molar-refractivity contribution in [1.82, 2.24) is 5.32 Å². The maximum absolute atomic E-state index is 9.20. The number of benzene rings is 1. The van der Waals surface area contributed by atoms with E-state index in [1.54, 1.807) is 0 Å². The smallest absolute Gasteiger partial charge is 0.0437 e. The van der Waals surface area contributed by atoms with Crippen molar-refractivity contribution in [2.45, 2.75) is 37.6 Å². The van der Waals surface area contributed by atoms with E-state index in [0.29, 0.717) is 12.0 Å². The van der Waals surface area contributed by atoms with Gasteiger partial charge < -0.3 is 10.4 Å². The summed E-state index contributed by atoms with van der Waals surface area (Å²) in [5.74, 6) is 0.464. The van der Waals surface area contributed by atoms with E-state index in [0.717, 1.165) is 13.0 Å². The Morgan fingerprint density at radius 2 is 2.06 bits per heavy atom. The lowest BCUT2D eigenvalue weighted by atomic mass is 9.84. The number of rotatable bonds is 4. The average Bonchev–Trinajstić information content (AvgIpc) is 2.38. The first kappa shape index (κ1) is 11.6. The zero-order valence-corrected chi connectivity index (χ0v) is 9.73. The minimum absolute atomic E-state index is 0.276. The molecule has 2 N–H and O–H groups in total. The second kappa shape index (κ2) is 6.02. The van der Waals surface area contributed by atoms with E-state index in [9.17, 15) is 5.11 Å². The Balaban J connectivity index is 2.09. The molecule has 1 heterocycles. The van der Waals surface area contributed by atoms with Crippen LogP contribution >= 0.6 is 0 Å². The molecular formula is C14H21NO. The van der Waals surface area contributed by atoms with Crippen LogP contribution in [0, 0.1) is 0 Å². The molecule has 0 unspecified atom stereocenters. The van der Waals surface area contributed by atoms with Crippen LogP contribution in [0.4, 0.5) is 0 Å². The van der Waals surface area contributed by atoms with Crippen LogP contribution < -0.4 is 5.32 Å². The molecule has 0 spiro atoms. The summed E-state index contributed by atoms with van der Waals surface area (Å²) in [5.41, 5.74) is 1.36. The van der Waals surface area contributed by atoms with Gasteiger partial charge in [0.05, 0.1) is 0 Å². The van der Waals surface area contributed by atoms with E-state index in [4.69, 9.17) is 0 Å². The molecule has 1 aromatic rings. The van der Waals surface area contributed by atoms with E-state index in [-0.39, 0.29) is 6.61 Å². The number of piperidine rings is 1. The van der Waals surface area contributed by atoms with Crippen LogP contribution in [0.3, 0.4) is 0 Å². The molecule has 0 bridgehead atoms. The molecule has 0 saturated carbocycles. The molecule has 0 radical (unpaired) electrons. The third kappa shape index (κ3) is 2.83. The molecule has 0 aromatic heterocycles. The van der Waals surface area contributed by atoms with E-state index in [1.807, 2.05) is 6.07 Å². The van der Waals surface area contributed by atoms with Gasteiger partial charge in [0.15, 0.2) is 0 Å². The monoisotopic (exact) mass is 219 g/mol. The SMILES string of the molecule is OCC[C@H](c1ccccc1)[C@H]1CCCCN1. The van der Waals surface area contributed by atoms with Crippen LogP contribution in [0.25, 0.3) is 0 Å². The Morgan fingerprint density at radius 3 is 2.69 bits per heavy atom.